The Hall–Kier alpha value is -1.93. The summed E-state index contributed by atoms with van der Waals surface area (Å²) in [5.41, 5.74) is 0.761. The van der Waals surface area contributed by atoms with Crippen LogP contribution in [0.15, 0.2) is 29.2 Å². The van der Waals surface area contributed by atoms with Gasteiger partial charge in [-0.2, -0.15) is 4.31 Å². The van der Waals surface area contributed by atoms with E-state index >= 15 is 0 Å². The molecule has 0 heterocycles. The molecule has 4 aliphatic rings. The van der Waals surface area contributed by atoms with Gasteiger partial charge in [0.1, 0.15) is 0 Å². The lowest BCUT2D eigenvalue weighted by atomic mass is 9.49. The van der Waals surface area contributed by atoms with Gasteiger partial charge in [-0.05, 0) is 86.0 Å². The normalized spacial score (nSPS) is 29.2. The number of benzene rings is 1. The molecule has 4 saturated carbocycles. The van der Waals surface area contributed by atoms with Gasteiger partial charge in [-0.15, -0.1) is 0 Å². The van der Waals surface area contributed by atoms with E-state index in [1.165, 1.54) is 64.6 Å². The van der Waals surface area contributed by atoms with Crippen molar-refractivity contribution in [1.82, 2.24) is 9.21 Å². The van der Waals surface area contributed by atoms with Crippen molar-refractivity contribution in [2.75, 3.05) is 32.5 Å². The minimum Gasteiger partial charge on any atom is -0.344 e. The molecular formula is C23H33N3O4S. The summed E-state index contributed by atoms with van der Waals surface area (Å²) in [6, 6.07) is 5.98. The van der Waals surface area contributed by atoms with E-state index in [2.05, 4.69) is 5.32 Å². The fraction of sp³-hybridized carbons (Fsp3) is 0.652. The van der Waals surface area contributed by atoms with Crippen LogP contribution in [0.1, 0.15) is 45.4 Å². The molecule has 1 N–H and O–H groups in total. The number of hydrogen-bond donors (Lipinski definition) is 1. The minimum atomic E-state index is -3.79. The zero-order valence-corrected chi connectivity index (χ0v) is 19.5. The van der Waals surface area contributed by atoms with Gasteiger partial charge in [0.05, 0.1) is 11.4 Å². The Labute approximate surface area is 185 Å². The Balaban J connectivity index is 1.37. The molecule has 0 aliphatic heterocycles. The van der Waals surface area contributed by atoms with Crippen molar-refractivity contribution in [2.45, 2.75) is 50.3 Å². The van der Waals surface area contributed by atoms with Crippen LogP contribution >= 0.6 is 0 Å². The summed E-state index contributed by atoms with van der Waals surface area (Å²) < 4.78 is 26.9. The van der Waals surface area contributed by atoms with E-state index in [1.807, 2.05) is 7.05 Å². The Morgan fingerprint density at radius 3 is 2.00 bits per heavy atom. The van der Waals surface area contributed by atoms with Gasteiger partial charge in [-0.3, -0.25) is 9.59 Å². The van der Waals surface area contributed by atoms with Crippen LogP contribution in [0.5, 0.6) is 0 Å². The first-order valence-electron chi connectivity index (χ1n) is 11.1. The molecule has 1 aromatic rings. The van der Waals surface area contributed by atoms with E-state index in [4.69, 9.17) is 0 Å². The van der Waals surface area contributed by atoms with Crippen LogP contribution in [-0.4, -0.2) is 56.6 Å². The van der Waals surface area contributed by atoms with Crippen molar-refractivity contribution in [3.05, 3.63) is 24.3 Å². The average molecular weight is 448 g/mol. The molecular weight excluding hydrogens is 414 g/mol. The largest absolute Gasteiger partial charge is 0.344 e. The quantitative estimate of drug-likeness (QED) is 0.696. The van der Waals surface area contributed by atoms with E-state index in [0.717, 1.165) is 28.6 Å². The average Bonchev–Trinajstić information content (AvgIpc) is 2.66. The van der Waals surface area contributed by atoms with Crippen LogP contribution in [0, 0.1) is 23.2 Å². The molecule has 4 fully saturated rings. The molecule has 5 rings (SSSR count). The molecule has 170 valence electrons. The van der Waals surface area contributed by atoms with Gasteiger partial charge in [0.15, 0.2) is 0 Å². The van der Waals surface area contributed by atoms with Gasteiger partial charge in [0.25, 0.3) is 0 Å². The second-order valence-electron chi connectivity index (χ2n) is 10.1. The van der Waals surface area contributed by atoms with Gasteiger partial charge >= 0.3 is 0 Å². The molecule has 4 bridgehead atoms. The van der Waals surface area contributed by atoms with E-state index in [-0.39, 0.29) is 28.7 Å². The predicted molar refractivity (Wildman–Crippen MR) is 119 cm³/mol. The van der Waals surface area contributed by atoms with Gasteiger partial charge < -0.3 is 10.2 Å². The maximum atomic E-state index is 12.9. The third-order valence-electron chi connectivity index (χ3n) is 7.40. The number of anilines is 1. The zero-order valence-electron chi connectivity index (χ0n) is 18.6. The summed E-state index contributed by atoms with van der Waals surface area (Å²) in [6.45, 7) is 1.94. The standard InChI is InChI=1S/C23H33N3O4S/c1-16(27)24-20-4-6-21(7-5-20)31(29,30)26(3)14-22(28)25(2)15-23-11-17-8-18(12-23)10-19(9-17)13-23/h4-7,17-19H,8-15H2,1-3H3,(H,24,27). The maximum Gasteiger partial charge on any atom is 0.243 e. The SMILES string of the molecule is CC(=O)Nc1ccc(S(=O)(=O)N(C)CC(=O)N(C)CC23CC4CC(CC(C4)C2)C3)cc1. The number of nitrogens with zero attached hydrogens (tertiary/aromatic N) is 2. The van der Waals surface area contributed by atoms with Crippen molar-refractivity contribution >= 4 is 27.5 Å². The second-order valence-corrected chi connectivity index (χ2v) is 12.2. The molecule has 0 saturated heterocycles. The minimum absolute atomic E-state index is 0.0978. The van der Waals surface area contributed by atoms with Crippen LogP contribution in [0.2, 0.25) is 0 Å². The first kappa shape index (κ1) is 22.3. The third kappa shape index (κ3) is 4.65. The lowest BCUT2D eigenvalue weighted by Gasteiger charge is -2.57. The lowest BCUT2D eigenvalue weighted by Crippen LogP contribution is -2.52. The number of hydrogen-bond acceptors (Lipinski definition) is 4. The van der Waals surface area contributed by atoms with Crippen LogP contribution in [-0.2, 0) is 19.6 Å². The zero-order chi connectivity index (χ0) is 22.4. The summed E-state index contributed by atoms with van der Waals surface area (Å²) in [7, 11) is -0.546. The van der Waals surface area contributed by atoms with Gasteiger partial charge in [-0.1, -0.05) is 0 Å². The van der Waals surface area contributed by atoms with Crippen LogP contribution in [0.4, 0.5) is 5.69 Å². The molecule has 8 heteroatoms. The van der Waals surface area contributed by atoms with Crippen molar-refractivity contribution < 1.29 is 18.0 Å². The monoisotopic (exact) mass is 447 g/mol. The first-order chi connectivity index (χ1) is 14.6. The van der Waals surface area contributed by atoms with Crippen LogP contribution < -0.4 is 5.32 Å². The van der Waals surface area contributed by atoms with Crippen molar-refractivity contribution in [3.63, 3.8) is 0 Å². The van der Waals surface area contributed by atoms with Crippen molar-refractivity contribution in [1.29, 1.82) is 0 Å². The van der Waals surface area contributed by atoms with Crippen LogP contribution in [0.25, 0.3) is 0 Å². The number of rotatable bonds is 7. The summed E-state index contributed by atoms with van der Waals surface area (Å²) in [5, 5.41) is 2.61. The maximum absolute atomic E-state index is 12.9. The van der Waals surface area contributed by atoms with Crippen molar-refractivity contribution in [2.24, 2.45) is 23.2 Å². The molecule has 31 heavy (non-hydrogen) atoms. The smallest absolute Gasteiger partial charge is 0.243 e. The highest BCUT2D eigenvalue weighted by Crippen LogP contribution is 2.60. The number of nitrogens with one attached hydrogen (secondary N) is 1. The topological polar surface area (TPSA) is 86.8 Å². The van der Waals surface area contributed by atoms with E-state index < -0.39 is 10.0 Å². The molecule has 0 atom stereocenters. The summed E-state index contributed by atoms with van der Waals surface area (Å²) in [6.07, 6.45) is 7.72. The van der Waals surface area contributed by atoms with Crippen LogP contribution in [0.3, 0.4) is 0 Å². The summed E-state index contributed by atoms with van der Waals surface area (Å²) in [4.78, 5) is 25.9. The fourth-order valence-electron chi connectivity index (χ4n) is 6.56. The van der Waals surface area contributed by atoms with Gasteiger partial charge in [0, 0.05) is 33.3 Å². The predicted octanol–water partition coefficient (Wildman–Crippen LogP) is 2.94. The van der Waals surface area contributed by atoms with E-state index in [0.29, 0.717) is 5.69 Å². The molecule has 0 unspecified atom stereocenters. The Morgan fingerprint density at radius 2 is 1.52 bits per heavy atom. The summed E-state index contributed by atoms with van der Waals surface area (Å²) in [5.74, 6) is 2.06. The first-order valence-corrected chi connectivity index (χ1v) is 12.6. The van der Waals surface area contributed by atoms with E-state index in [1.54, 1.807) is 17.0 Å². The lowest BCUT2D eigenvalue weighted by molar-refractivity contribution is -0.135. The third-order valence-corrected chi connectivity index (χ3v) is 9.22. The van der Waals surface area contributed by atoms with E-state index in [9.17, 15) is 18.0 Å². The number of carbonyl (C=O) groups is 2. The molecule has 0 radical (unpaired) electrons. The highest BCUT2D eigenvalue weighted by atomic mass is 32.2. The Bertz CT molecular complexity index is 922. The highest BCUT2D eigenvalue weighted by molar-refractivity contribution is 7.89. The molecule has 4 aliphatic carbocycles. The number of sulfonamides is 1. The Morgan fingerprint density at radius 1 is 1.00 bits per heavy atom. The second kappa shape index (κ2) is 8.20. The van der Waals surface area contributed by atoms with Gasteiger partial charge in [0.2, 0.25) is 21.8 Å². The molecule has 1 aromatic carbocycles. The number of amides is 2. The molecule has 0 spiro atoms. The Kier molecular flexibility index (Phi) is 5.89. The number of carbonyl (C=O) groups excluding carboxylic acids is 2. The summed E-state index contributed by atoms with van der Waals surface area (Å²) >= 11 is 0. The fourth-order valence-corrected chi connectivity index (χ4v) is 7.68. The van der Waals surface area contributed by atoms with Crippen molar-refractivity contribution in [3.8, 4) is 0 Å². The number of likely N-dealkylation sites (N-methyl/N-ethyl adjacent to an activating group) is 2. The molecule has 0 aromatic heterocycles. The molecule has 2 amide bonds. The van der Waals surface area contributed by atoms with Gasteiger partial charge in [-0.25, -0.2) is 8.42 Å². The highest BCUT2D eigenvalue weighted by Gasteiger charge is 2.51. The molecule has 7 nitrogen and oxygen atoms in total.